The van der Waals surface area contributed by atoms with Crippen molar-refractivity contribution in [2.45, 2.75) is 68.3 Å². The van der Waals surface area contributed by atoms with Crippen LogP contribution in [0.4, 0.5) is 0 Å². The molecule has 2 heterocycles. The first-order valence-corrected chi connectivity index (χ1v) is 8.11. The van der Waals surface area contributed by atoms with Gasteiger partial charge in [-0.3, -0.25) is 4.79 Å². The molecule has 0 aliphatic carbocycles. The molecule has 0 bridgehead atoms. The number of hydrogen-bond acceptors (Lipinski definition) is 12. The number of carbonyl (C=O) groups excluding carboxylic acids is 1. The fourth-order valence-electron chi connectivity index (χ4n) is 2.57. The van der Waals surface area contributed by atoms with E-state index < -0.39 is 80.5 Å². The predicted molar refractivity (Wildman–Crippen MR) is 83.6 cm³/mol. The molecule has 1 amide bonds. The average Bonchev–Trinajstić information content (AvgIpc) is 2.63. The van der Waals surface area contributed by atoms with E-state index in [-0.39, 0.29) is 0 Å². The van der Waals surface area contributed by atoms with Crippen molar-refractivity contribution in [3.63, 3.8) is 0 Å². The summed E-state index contributed by atoms with van der Waals surface area (Å²) in [7, 11) is 0. The molecule has 2 rings (SSSR count). The lowest BCUT2D eigenvalue weighted by Crippen LogP contribution is -2.63. The second-order valence-corrected chi connectivity index (χ2v) is 6.17. The molecule has 10 N–H and O–H groups in total. The Labute approximate surface area is 154 Å². The molecule has 0 aromatic rings. The van der Waals surface area contributed by atoms with Crippen LogP contribution < -0.4 is 5.32 Å². The minimum atomic E-state index is -1.57. The van der Waals surface area contributed by atoms with E-state index in [4.69, 9.17) is 35.4 Å². The third-order valence-corrected chi connectivity index (χ3v) is 4.14. The van der Waals surface area contributed by atoms with Gasteiger partial charge in [0.25, 0.3) is 0 Å². The van der Waals surface area contributed by atoms with Crippen LogP contribution in [0, 0.1) is 0 Å². The summed E-state index contributed by atoms with van der Waals surface area (Å²) in [5.41, 5.74) is 0. The lowest BCUT2D eigenvalue weighted by Gasteiger charge is -2.40. The molecule has 13 nitrogen and oxygen atoms in total. The van der Waals surface area contributed by atoms with Crippen molar-refractivity contribution in [2.24, 2.45) is 0 Å². The van der Waals surface area contributed by atoms with Crippen molar-refractivity contribution >= 4 is 5.91 Å². The first kappa shape index (κ1) is 24.1. The first-order valence-electron chi connectivity index (χ1n) is 8.11. The van der Waals surface area contributed by atoms with Crippen molar-refractivity contribution in [3.05, 3.63) is 0 Å². The van der Waals surface area contributed by atoms with E-state index >= 15 is 0 Å². The van der Waals surface area contributed by atoms with Crippen LogP contribution in [-0.4, -0.2) is 126 Å². The molecule has 2 saturated heterocycles. The minimum absolute atomic E-state index is 0.462. The molecule has 0 radical (unpaired) electrons. The van der Waals surface area contributed by atoms with Gasteiger partial charge in [0.2, 0.25) is 5.91 Å². The van der Waals surface area contributed by atoms with Crippen LogP contribution in [0.15, 0.2) is 0 Å². The Kier molecular flexibility index (Phi) is 9.40. The van der Waals surface area contributed by atoms with Crippen molar-refractivity contribution in [1.82, 2.24) is 5.32 Å². The van der Waals surface area contributed by atoms with Crippen molar-refractivity contribution in [2.75, 3.05) is 13.2 Å². The molecule has 13 heteroatoms. The normalized spacial score (nSPS) is 44.8. The number of amides is 1. The molecule has 2 aliphatic rings. The second-order valence-electron chi connectivity index (χ2n) is 6.17. The van der Waals surface area contributed by atoms with E-state index in [0.717, 1.165) is 0 Å². The number of aliphatic hydroxyl groups is 9. The van der Waals surface area contributed by atoms with E-state index in [1.807, 2.05) is 0 Å². The molecule has 0 aromatic carbocycles. The lowest BCUT2D eigenvalue weighted by molar-refractivity contribution is -0.286. The maximum absolute atomic E-state index is 10.7. The zero-order chi connectivity index (χ0) is 20.9. The zero-order valence-corrected chi connectivity index (χ0v) is 14.4. The molecular weight excluding hydrogens is 374 g/mol. The summed E-state index contributed by atoms with van der Waals surface area (Å²) in [4.78, 5) is 10.7. The highest BCUT2D eigenvalue weighted by Crippen LogP contribution is 2.20. The van der Waals surface area contributed by atoms with Gasteiger partial charge in [0.15, 0.2) is 12.6 Å². The highest BCUT2D eigenvalue weighted by molar-refractivity contribution is 5.73. The fraction of sp³-hybridized carbons (Fsp3) is 0.929. The van der Waals surface area contributed by atoms with Crippen LogP contribution >= 0.6 is 0 Å². The molecule has 10 atom stereocenters. The van der Waals surface area contributed by atoms with Crippen molar-refractivity contribution < 1.29 is 60.2 Å². The van der Waals surface area contributed by atoms with Crippen LogP contribution in [0.5, 0.6) is 0 Å². The third kappa shape index (κ3) is 6.00. The summed E-state index contributed by atoms with van der Waals surface area (Å²) >= 11 is 0. The van der Waals surface area contributed by atoms with Gasteiger partial charge in [-0.05, 0) is 0 Å². The topological polar surface area (TPSA) is 230 Å². The SMILES string of the molecule is CC(=O)N[C@@H]1[C@@H](O)[C@H](O)[C@@H](CO)O[C@H]1O.OC[C@H]1O[C@H](O)[C@@H](O)[C@@H](O)[C@@H]1O. The smallest absolute Gasteiger partial charge is 0.217 e. The molecule has 0 saturated carbocycles. The Bertz CT molecular complexity index is 463. The molecule has 0 spiro atoms. The molecule has 0 aromatic heterocycles. The number of nitrogens with one attached hydrogen (secondary N) is 1. The second kappa shape index (κ2) is 10.5. The fourth-order valence-corrected chi connectivity index (χ4v) is 2.57. The van der Waals surface area contributed by atoms with E-state index in [2.05, 4.69) is 10.1 Å². The van der Waals surface area contributed by atoms with Gasteiger partial charge in [-0.2, -0.15) is 0 Å². The Morgan fingerprint density at radius 1 is 0.741 bits per heavy atom. The van der Waals surface area contributed by atoms with Crippen LogP contribution in [0.25, 0.3) is 0 Å². The summed E-state index contributed by atoms with van der Waals surface area (Å²) in [5.74, 6) is -0.462. The minimum Gasteiger partial charge on any atom is -0.394 e. The quantitative estimate of drug-likeness (QED) is 0.213. The molecule has 2 aliphatic heterocycles. The highest BCUT2D eigenvalue weighted by atomic mass is 16.6. The number of rotatable bonds is 3. The average molecular weight is 401 g/mol. The van der Waals surface area contributed by atoms with Gasteiger partial charge in [-0.15, -0.1) is 0 Å². The molecule has 2 fully saturated rings. The molecule has 0 unspecified atom stereocenters. The molecule has 160 valence electrons. The number of aliphatic hydroxyl groups excluding tert-OH is 9. The predicted octanol–water partition coefficient (Wildman–Crippen LogP) is -6.30. The van der Waals surface area contributed by atoms with Gasteiger partial charge < -0.3 is 60.7 Å². The zero-order valence-electron chi connectivity index (χ0n) is 14.4. The van der Waals surface area contributed by atoms with Crippen LogP contribution in [0.1, 0.15) is 6.92 Å². The number of ether oxygens (including phenoxy) is 2. The summed E-state index contributed by atoms with van der Waals surface area (Å²) < 4.78 is 9.39. The first-order chi connectivity index (χ1) is 12.5. The number of hydrogen-bond donors (Lipinski definition) is 10. The number of carbonyl (C=O) groups is 1. The maximum atomic E-state index is 10.7. The molecular formula is C14H27NO12. The van der Waals surface area contributed by atoms with Gasteiger partial charge in [0, 0.05) is 6.92 Å². The van der Waals surface area contributed by atoms with Crippen LogP contribution in [0.3, 0.4) is 0 Å². The van der Waals surface area contributed by atoms with Gasteiger partial charge in [-0.1, -0.05) is 0 Å². The molecule has 27 heavy (non-hydrogen) atoms. The van der Waals surface area contributed by atoms with E-state index in [0.29, 0.717) is 0 Å². The Morgan fingerprint density at radius 2 is 1.19 bits per heavy atom. The van der Waals surface area contributed by atoms with Crippen LogP contribution in [0.2, 0.25) is 0 Å². The summed E-state index contributed by atoms with van der Waals surface area (Å²) in [6.45, 7) is 0.161. The lowest BCUT2D eigenvalue weighted by atomic mass is 9.97. The largest absolute Gasteiger partial charge is 0.394 e. The summed E-state index contributed by atoms with van der Waals surface area (Å²) in [5, 5.41) is 84.1. The standard InChI is InChI=1S/C8H15NO6.C6H12O6/c1-3(11)9-5-7(13)6(12)4(2-10)15-8(5)14;7-1-2-3(8)4(9)5(10)6(11)12-2/h4-8,10,12-14H,2H2,1H3,(H,9,11);2-11H,1H2/t4-,5-,6-,7-,8-;2-,3-,4+,5+,6+/m11/s1. The Morgan fingerprint density at radius 3 is 1.63 bits per heavy atom. The highest BCUT2D eigenvalue weighted by Gasteiger charge is 2.44. The van der Waals surface area contributed by atoms with Crippen molar-refractivity contribution in [1.29, 1.82) is 0 Å². The third-order valence-electron chi connectivity index (χ3n) is 4.14. The summed E-state index contributed by atoms with van der Waals surface area (Å²) in [6, 6.07) is -1.10. The van der Waals surface area contributed by atoms with E-state index in [9.17, 15) is 20.1 Å². The Balaban J connectivity index is 0.000000277. The van der Waals surface area contributed by atoms with Gasteiger partial charge in [0.05, 0.1) is 13.2 Å². The van der Waals surface area contributed by atoms with Crippen molar-refractivity contribution in [3.8, 4) is 0 Å². The van der Waals surface area contributed by atoms with Gasteiger partial charge >= 0.3 is 0 Å². The van der Waals surface area contributed by atoms with Crippen LogP contribution in [-0.2, 0) is 14.3 Å². The van der Waals surface area contributed by atoms with E-state index in [1.54, 1.807) is 0 Å². The van der Waals surface area contributed by atoms with Gasteiger partial charge in [0.1, 0.15) is 48.8 Å². The van der Waals surface area contributed by atoms with Gasteiger partial charge in [-0.25, -0.2) is 0 Å². The van der Waals surface area contributed by atoms with E-state index in [1.165, 1.54) is 6.92 Å². The Hall–Kier alpha value is -0.970. The monoisotopic (exact) mass is 401 g/mol. The summed E-state index contributed by atoms with van der Waals surface area (Å²) in [6.07, 6.45) is -12.3. The maximum Gasteiger partial charge on any atom is 0.217 e.